The van der Waals surface area contributed by atoms with Gasteiger partial charge in [-0.1, -0.05) is 12.1 Å². The van der Waals surface area contributed by atoms with Crippen LogP contribution >= 0.6 is 0 Å². The number of nitrogen functional groups attached to an aromatic ring is 4. The summed E-state index contributed by atoms with van der Waals surface area (Å²) in [5.41, 5.74) is 22.7. The molecule has 0 spiro atoms. The minimum atomic E-state index is -0.411. The van der Waals surface area contributed by atoms with E-state index in [0.717, 1.165) is 25.9 Å². The first-order valence-electron chi connectivity index (χ1n) is 11.3. The van der Waals surface area contributed by atoms with Crippen LogP contribution < -0.4 is 33.0 Å². The lowest BCUT2D eigenvalue weighted by molar-refractivity contribution is 0.0918. The van der Waals surface area contributed by atoms with Crippen molar-refractivity contribution in [2.24, 2.45) is 0 Å². The van der Waals surface area contributed by atoms with Crippen LogP contribution in [0.2, 0.25) is 0 Å². The van der Waals surface area contributed by atoms with Gasteiger partial charge in [0.25, 0.3) is 0 Å². The number of anilines is 4. The summed E-state index contributed by atoms with van der Waals surface area (Å²) >= 11 is 0. The molecule has 0 aliphatic carbocycles. The van der Waals surface area contributed by atoms with Crippen LogP contribution in [0.3, 0.4) is 0 Å². The number of benzene rings is 1. The first kappa shape index (κ1) is 24.4. The Morgan fingerprint density at radius 3 is 2.21 bits per heavy atom. The predicted octanol–water partition coefficient (Wildman–Crippen LogP) is 1.74. The maximum absolute atomic E-state index is 12.0. The van der Waals surface area contributed by atoms with Crippen molar-refractivity contribution in [2.45, 2.75) is 37.8 Å². The van der Waals surface area contributed by atoms with E-state index in [-0.39, 0.29) is 11.9 Å². The fourth-order valence-corrected chi connectivity index (χ4v) is 4.14. The third-order valence-electron chi connectivity index (χ3n) is 6.16. The van der Waals surface area contributed by atoms with Crippen LogP contribution in [0.4, 0.5) is 27.8 Å². The number of nitrogens with zero attached hydrogens (tertiary/aromatic N) is 3. The van der Waals surface area contributed by atoms with Gasteiger partial charge in [-0.15, -0.1) is 0 Å². The Hall–Kier alpha value is -3.24. The van der Waals surface area contributed by atoms with Gasteiger partial charge in [-0.05, 0) is 70.1 Å². The van der Waals surface area contributed by atoms with E-state index in [1.54, 1.807) is 30.3 Å². The van der Waals surface area contributed by atoms with Crippen molar-refractivity contribution in [1.82, 2.24) is 20.1 Å². The van der Waals surface area contributed by atoms with Crippen molar-refractivity contribution in [1.29, 1.82) is 0 Å². The first-order valence-corrected chi connectivity index (χ1v) is 11.3. The molecule has 2 saturated heterocycles. The van der Waals surface area contributed by atoms with Crippen molar-refractivity contribution >= 4 is 29.1 Å². The fourth-order valence-electron chi connectivity index (χ4n) is 4.14. The Morgan fingerprint density at radius 2 is 1.61 bits per heavy atom. The highest BCUT2D eigenvalue weighted by Crippen LogP contribution is 2.22. The van der Waals surface area contributed by atoms with Crippen molar-refractivity contribution in [3.63, 3.8) is 0 Å². The lowest BCUT2D eigenvalue weighted by Crippen LogP contribution is -2.51. The summed E-state index contributed by atoms with van der Waals surface area (Å²) in [7, 11) is 2.19. The molecule has 10 heteroatoms. The van der Waals surface area contributed by atoms with Gasteiger partial charge in [-0.25, -0.2) is 9.78 Å². The van der Waals surface area contributed by atoms with Crippen LogP contribution in [0, 0.1) is 0 Å². The summed E-state index contributed by atoms with van der Waals surface area (Å²) in [4.78, 5) is 20.7. The molecule has 1 aromatic carbocycles. The van der Waals surface area contributed by atoms with E-state index in [2.05, 4.69) is 27.1 Å². The Bertz CT molecular complexity index is 909. The topological polar surface area (TPSA) is 162 Å². The van der Waals surface area contributed by atoms with Crippen LogP contribution in [0.25, 0.3) is 0 Å². The van der Waals surface area contributed by atoms with E-state index >= 15 is 0 Å². The summed E-state index contributed by atoms with van der Waals surface area (Å²) in [6.07, 6.45) is 4.05. The van der Waals surface area contributed by atoms with Crippen molar-refractivity contribution in [3.8, 4) is 5.75 Å². The quantitative estimate of drug-likeness (QED) is 0.433. The number of rotatable bonds is 3. The smallest absolute Gasteiger partial charge is 0.408 e. The minimum Gasteiger partial charge on any atom is -0.408 e. The number of hydrogen-bond acceptors (Lipinski definition) is 9. The number of likely N-dealkylation sites (tertiary alicyclic amines) is 2. The molecule has 1 amide bonds. The molecule has 1 aromatic heterocycles. The Morgan fingerprint density at radius 1 is 0.939 bits per heavy atom. The minimum absolute atomic E-state index is 0.185. The first-order chi connectivity index (χ1) is 15.8. The molecule has 33 heavy (non-hydrogen) atoms. The number of amides is 1. The average Bonchev–Trinajstić information content (AvgIpc) is 2.80. The monoisotopic (exact) mass is 456 g/mol. The molecule has 0 unspecified atom stereocenters. The highest BCUT2D eigenvalue weighted by molar-refractivity contribution is 5.73. The molecule has 4 rings (SSSR count). The number of piperidine rings is 2. The second kappa shape index (κ2) is 11.6. The standard InChI is InChI=1S/C18H28N4O2.C5H8N4/c1-21-10-8-15(9-11-21)22-12-6-14(7-13-22)20-18(23)24-17-5-3-2-4-16(17)19;6-3-1-2-4(7)9-5(3)8/h2-5,14-15H,6-13,19H2,1H3,(H,20,23);1-2H,6H2,(H4,7,8,9). The number of ether oxygens (including phenoxy) is 1. The molecule has 0 atom stereocenters. The molecule has 10 nitrogen and oxygen atoms in total. The molecule has 9 N–H and O–H groups in total. The van der Waals surface area contributed by atoms with E-state index in [1.165, 1.54) is 25.9 Å². The van der Waals surface area contributed by atoms with Gasteiger partial charge in [-0.2, -0.15) is 0 Å². The summed E-state index contributed by atoms with van der Waals surface area (Å²) in [6.45, 7) is 4.47. The number of carbonyl (C=O) groups is 1. The number of para-hydroxylation sites is 2. The number of carbonyl (C=O) groups excluding carboxylic acids is 1. The summed E-state index contributed by atoms with van der Waals surface area (Å²) < 4.78 is 5.31. The van der Waals surface area contributed by atoms with Crippen LogP contribution in [0.5, 0.6) is 5.75 Å². The van der Waals surface area contributed by atoms with E-state index in [4.69, 9.17) is 27.7 Å². The number of pyridine rings is 1. The van der Waals surface area contributed by atoms with E-state index in [9.17, 15) is 4.79 Å². The fraction of sp³-hybridized carbons (Fsp3) is 0.478. The molecule has 180 valence electrons. The van der Waals surface area contributed by atoms with Crippen molar-refractivity contribution < 1.29 is 9.53 Å². The molecule has 0 bridgehead atoms. The lowest BCUT2D eigenvalue weighted by atomic mass is 9.98. The van der Waals surface area contributed by atoms with Gasteiger partial charge in [0.1, 0.15) is 11.6 Å². The molecular weight excluding hydrogens is 420 g/mol. The van der Waals surface area contributed by atoms with Gasteiger partial charge in [-0.3, -0.25) is 0 Å². The van der Waals surface area contributed by atoms with Crippen molar-refractivity contribution in [3.05, 3.63) is 36.4 Å². The highest BCUT2D eigenvalue weighted by atomic mass is 16.6. The number of nitrogens with one attached hydrogen (secondary N) is 1. The third-order valence-corrected chi connectivity index (χ3v) is 6.16. The third kappa shape index (κ3) is 7.40. The van der Waals surface area contributed by atoms with E-state index in [1.807, 2.05) is 6.07 Å². The largest absolute Gasteiger partial charge is 0.412 e. The Balaban J connectivity index is 0.000000286. The predicted molar refractivity (Wildman–Crippen MR) is 133 cm³/mol. The van der Waals surface area contributed by atoms with Crippen LogP contribution in [0.1, 0.15) is 25.7 Å². The average molecular weight is 457 g/mol. The molecule has 0 radical (unpaired) electrons. The van der Waals surface area contributed by atoms with Crippen LogP contribution in [-0.2, 0) is 0 Å². The van der Waals surface area contributed by atoms with Gasteiger partial charge < -0.3 is 42.8 Å². The molecule has 2 aliphatic heterocycles. The molecule has 3 heterocycles. The molecule has 0 saturated carbocycles. The molecular formula is C23H36N8O2. The SMILES string of the molecule is CN1CCC(N2CCC(NC(=O)Oc3ccccc3N)CC2)CC1.Nc1ccc(N)c(N)n1. The molecule has 2 fully saturated rings. The summed E-state index contributed by atoms with van der Waals surface area (Å²) in [5.74, 6) is 1.09. The number of nitrogens with two attached hydrogens (primary N) is 4. The Kier molecular flexibility index (Phi) is 8.56. The zero-order valence-electron chi connectivity index (χ0n) is 19.2. The summed E-state index contributed by atoms with van der Waals surface area (Å²) in [5, 5.41) is 2.97. The lowest BCUT2D eigenvalue weighted by Gasteiger charge is -2.41. The highest BCUT2D eigenvalue weighted by Gasteiger charge is 2.28. The van der Waals surface area contributed by atoms with Crippen LogP contribution in [0.15, 0.2) is 36.4 Å². The van der Waals surface area contributed by atoms with E-state index in [0.29, 0.717) is 29.0 Å². The second-order valence-corrected chi connectivity index (χ2v) is 8.63. The maximum Gasteiger partial charge on any atom is 0.412 e. The van der Waals surface area contributed by atoms with Gasteiger partial charge >= 0.3 is 6.09 Å². The second-order valence-electron chi connectivity index (χ2n) is 8.63. The number of aromatic nitrogens is 1. The van der Waals surface area contributed by atoms with Crippen molar-refractivity contribution in [2.75, 3.05) is 56.2 Å². The normalized spacial score (nSPS) is 18.2. The number of hydrogen-bond donors (Lipinski definition) is 5. The van der Waals surface area contributed by atoms with Gasteiger partial charge in [0.05, 0.1) is 11.4 Å². The van der Waals surface area contributed by atoms with E-state index < -0.39 is 6.09 Å². The maximum atomic E-state index is 12.0. The van der Waals surface area contributed by atoms with Gasteiger partial charge in [0, 0.05) is 25.2 Å². The summed E-state index contributed by atoms with van der Waals surface area (Å²) in [6, 6.07) is 11.2. The molecule has 2 aliphatic rings. The van der Waals surface area contributed by atoms with Gasteiger partial charge in [0.15, 0.2) is 5.75 Å². The molecule has 2 aromatic rings. The zero-order valence-corrected chi connectivity index (χ0v) is 19.2. The Labute approximate surface area is 195 Å². The van der Waals surface area contributed by atoms with Gasteiger partial charge in [0.2, 0.25) is 0 Å². The zero-order chi connectivity index (χ0) is 23.8. The van der Waals surface area contributed by atoms with Crippen LogP contribution in [-0.4, -0.2) is 66.2 Å².